The molecule has 0 radical (unpaired) electrons. The van der Waals surface area contributed by atoms with Crippen molar-refractivity contribution in [1.29, 1.82) is 0 Å². The van der Waals surface area contributed by atoms with Crippen LogP contribution in [-0.2, 0) is 5.60 Å². The lowest BCUT2D eigenvalue weighted by atomic mass is 9.96. The maximum atomic E-state index is 12.3. The van der Waals surface area contributed by atoms with E-state index < -0.39 is 5.60 Å². The van der Waals surface area contributed by atoms with Crippen molar-refractivity contribution in [3.05, 3.63) is 39.7 Å². The van der Waals surface area contributed by atoms with E-state index in [-0.39, 0.29) is 18.6 Å². The van der Waals surface area contributed by atoms with Gasteiger partial charge >= 0.3 is 6.03 Å². The molecular formula is C17H23N3O3S. The lowest BCUT2D eigenvalue weighted by Gasteiger charge is -2.24. The minimum Gasteiger partial charge on any atom is -0.466 e. The summed E-state index contributed by atoms with van der Waals surface area (Å²) in [6.45, 7) is 5.42. The van der Waals surface area contributed by atoms with Gasteiger partial charge in [-0.05, 0) is 45.6 Å². The smallest absolute Gasteiger partial charge is 0.315 e. The molecule has 0 aliphatic heterocycles. The Bertz CT molecular complexity index is 705. The first kappa shape index (κ1) is 17.0. The third kappa shape index (κ3) is 3.79. The number of aliphatic hydroxyl groups is 1. The minimum atomic E-state index is -1.19. The summed E-state index contributed by atoms with van der Waals surface area (Å²) < 4.78 is 5.47. The molecule has 2 unspecified atom stereocenters. The number of thiazole rings is 1. The zero-order chi connectivity index (χ0) is 17.3. The van der Waals surface area contributed by atoms with Crippen LogP contribution in [0.1, 0.15) is 47.9 Å². The van der Waals surface area contributed by atoms with E-state index in [0.717, 1.165) is 23.6 Å². The van der Waals surface area contributed by atoms with Gasteiger partial charge in [0.05, 0.1) is 12.6 Å². The Hall–Kier alpha value is -1.86. The molecule has 1 saturated carbocycles. The van der Waals surface area contributed by atoms with Crippen molar-refractivity contribution in [1.82, 2.24) is 15.6 Å². The zero-order valence-corrected chi connectivity index (χ0v) is 14.9. The fourth-order valence-electron chi connectivity index (χ4n) is 2.90. The van der Waals surface area contributed by atoms with Gasteiger partial charge in [0, 0.05) is 17.1 Å². The fourth-order valence-corrected chi connectivity index (χ4v) is 3.69. The van der Waals surface area contributed by atoms with Crippen LogP contribution in [0.5, 0.6) is 0 Å². The second-order valence-corrected chi connectivity index (χ2v) is 7.54. The molecule has 2 aromatic heterocycles. The van der Waals surface area contributed by atoms with Crippen molar-refractivity contribution in [2.75, 3.05) is 6.54 Å². The van der Waals surface area contributed by atoms with Crippen molar-refractivity contribution in [2.45, 2.75) is 45.3 Å². The number of carbonyl (C=O) groups is 1. The van der Waals surface area contributed by atoms with E-state index >= 15 is 0 Å². The molecule has 1 fully saturated rings. The Labute approximate surface area is 145 Å². The lowest BCUT2D eigenvalue weighted by molar-refractivity contribution is 0.0577. The summed E-state index contributed by atoms with van der Waals surface area (Å²) in [6.07, 6.45) is 3.97. The number of urea groups is 1. The Balaban J connectivity index is 1.59. The van der Waals surface area contributed by atoms with Gasteiger partial charge in [-0.2, -0.15) is 0 Å². The van der Waals surface area contributed by atoms with Gasteiger partial charge in [0.25, 0.3) is 0 Å². The quantitative estimate of drug-likeness (QED) is 0.748. The topological polar surface area (TPSA) is 87.4 Å². The lowest BCUT2D eigenvalue weighted by Crippen LogP contribution is -2.45. The molecule has 1 aliphatic carbocycles. The molecule has 24 heavy (non-hydrogen) atoms. The molecular weight excluding hydrogens is 326 g/mol. The summed E-state index contributed by atoms with van der Waals surface area (Å²) in [5.41, 5.74) is -0.492. The van der Waals surface area contributed by atoms with Crippen LogP contribution in [0.2, 0.25) is 0 Å². The average Bonchev–Trinajstić information content (AvgIpc) is 3.09. The number of nitrogens with one attached hydrogen (secondary N) is 2. The Kier molecular flexibility index (Phi) is 4.64. The maximum Gasteiger partial charge on any atom is 0.315 e. The van der Waals surface area contributed by atoms with Crippen molar-refractivity contribution >= 4 is 17.4 Å². The molecule has 2 amide bonds. The first-order valence-electron chi connectivity index (χ1n) is 8.10. The standard InChI is InChI=1S/C17H23N3O3S/c1-10-8-13(11(2)23-10)17(3,22)9-19-16(21)20-14(12-4-5-12)15-18-6-7-24-15/h6-8,12,14,22H,4-5,9H2,1-3H3,(H2,19,20,21). The highest BCUT2D eigenvalue weighted by molar-refractivity contribution is 7.09. The average molecular weight is 349 g/mol. The van der Waals surface area contributed by atoms with Gasteiger partial charge in [0.2, 0.25) is 0 Å². The number of carbonyl (C=O) groups excluding carboxylic acids is 1. The minimum absolute atomic E-state index is 0.0483. The number of aromatic nitrogens is 1. The van der Waals surface area contributed by atoms with Crippen molar-refractivity contribution in [2.24, 2.45) is 5.92 Å². The summed E-state index contributed by atoms with van der Waals surface area (Å²) in [4.78, 5) is 16.6. The van der Waals surface area contributed by atoms with Gasteiger partial charge in [-0.1, -0.05) is 0 Å². The number of nitrogens with zero attached hydrogens (tertiary/aromatic N) is 1. The molecule has 0 aromatic carbocycles. The third-order valence-electron chi connectivity index (χ3n) is 4.31. The normalized spacial score (nSPS) is 18.0. The first-order chi connectivity index (χ1) is 11.4. The van der Waals surface area contributed by atoms with E-state index in [1.165, 1.54) is 0 Å². The largest absolute Gasteiger partial charge is 0.466 e. The van der Waals surface area contributed by atoms with Gasteiger partial charge in [-0.3, -0.25) is 0 Å². The van der Waals surface area contributed by atoms with Crippen LogP contribution in [0, 0.1) is 19.8 Å². The van der Waals surface area contributed by atoms with E-state index in [4.69, 9.17) is 4.42 Å². The molecule has 0 saturated heterocycles. The molecule has 2 heterocycles. The van der Waals surface area contributed by atoms with Crippen molar-refractivity contribution in [3.8, 4) is 0 Å². The molecule has 0 spiro atoms. The highest BCUT2D eigenvalue weighted by Gasteiger charge is 2.35. The number of amides is 2. The Morgan fingerprint density at radius 2 is 2.29 bits per heavy atom. The van der Waals surface area contributed by atoms with Crippen LogP contribution in [-0.4, -0.2) is 22.7 Å². The van der Waals surface area contributed by atoms with Crippen molar-refractivity contribution in [3.63, 3.8) is 0 Å². The van der Waals surface area contributed by atoms with Gasteiger partial charge in [0.15, 0.2) is 0 Å². The molecule has 2 atom stereocenters. The molecule has 7 heteroatoms. The van der Waals surface area contributed by atoms with Crippen LogP contribution in [0.3, 0.4) is 0 Å². The first-order valence-corrected chi connectivity index (χ1v) is 8.98. The van der Waals surface area contributed by atoms with Gasteiger partial charge in [-0.25, -0.2) is 9.78 Å². The number of furan rings is 1. The second-order valence-electron chi connectivity index (χ2n) is 6.61. The van der Waals surface area contributed by atoms with Gasteiger partial charge in [0.1, 0.15) is 22.1 Å². The van der Waals surface area contributed by atoms with E-state index in [2.05, 4.69) is 15.6 Å². The number of aryl methyl sites for hydroxylation is 2. The van der Waals surface area contributed by atoms with Crippen LogP contribution in [0.4, 0.5) is 4.79 Å². The summed E-state index contributed by atoms with van der Waals surface area (Å²) in [6, 6.07) is 1.46. The number of rotatable bonds is 6. The predicted octanol–water partition coefficient (Wildman–Crippen LogP) is 3.01. The van der Waals surface area contributed by atoms with Gasteiger partial charge < -0.3 is 20.2 Å². The van der Waals surface area contributed by atoms with Crippen molar-refractivity contribution < 1.29 is 14.3 Å². The molecule has 3 N–H and O–H groups in total. The molecule has 1 aliphatic rings. The summed E-state index contributed by atoms with van der Waals surface area (Å²) in [5.74, 6) is 1.87. The maximum absolute atomic E-state index is 12.3. The third-order valence-corrected chi connectivity index (χ3v) is 5.17. The fraction of sp³-hybridized carbons (Fsp3) is 0.529. The summed E-state index contributed by atoms with van der Waals surface area (Å²) >= 11 is 1.55. The Morgan fingerprint density at radius 3 is 2.83 bits per heavy atom. The van der Waals surface area contributed by atoms with Crippen LogP contribution >= 0.6 is 11.3 Å². The van der Waals surface area contributed by atoms with Crippen LogP contribution < -0.4 is 10.6 Å². The van der Waals surface area contributed by atoms with Crippen LogP contribution in [0.25, 0.3) is 0 Å². The molecule has 130 valence electrons. The SMILES string of the molecule is Cc1cc(C(C)(O)CNC(=O)NC(c2nccs2)C2CC2)c(C)o1. The predicted molar refractivity (Wildman–Crippen MR) is 91.9 cm³/mol. The highest BCUT2D eigenvalue weighted by atomic mass is 32.1. The number of hydrogen-bond acceptors (Lipinski definition) is 5. The highest BCUT2D eigenvalue weighted by Crippen LogP contribution is 2.41. The monoisotopic (exact) mass is 349 g/mol. The van der Waals surface area contributed by atoms with E-state index in [1.807, 2.05) is 19.2 Å². The summed E-state index contributed by atoms with van der Waals surface area (Å²) in [7, 11) is 0. The van der Waals surface area contributed by atoms with Gasteiger partial charge in [-0.15, -0.1) is 11.3 Å². The second kappa shape index (κ2) is 6.57. The number of hydrogen-bond donors (Lipinski definition) is 3. The Morgan fingerprint density at radius 1 is 1.54 bits per heavy atom. The summed E-state index contributed by atoms with van der Waals surface area (Å²) in [5, 5.41) is 19.3. The molecule has 2 aromatic rings. The molecule has 6 nitrogen and oxygen atoms in total. The molecule has 3 rings (SSSR count). The van der Waals surface area contributed by atoms with E-state index in [1.54, 1.807) is 30.5 Å². The van der Waals surface area contributed by atoms with Crippen LogP contribution in [0.15, 0.2) is 22.1 Å². The van der Waals surface area contributed by atoms with E-state index in [0.29, 0.717) is 17.2 Å². The van der Waals surface area contributed by atoms with E-state index in [9.17, 15) is 9.90 Å². The zero-order valence-electron chi connectivity index (χ0n) is 14.1. The molecule has 0 bridgehead atoms.